The molecule has 0 unspecified atom stereocenters. The van der Waals surface area contributed by atoms with Gasteiger partial charge in [-0.2, -0.15) is 26.3 Å². The molecule has 4 heterocycles. The summed E-state index contributed by atoms with van der Waals surface area (Å²) in [6.07, 6.45) is -6.58. The molecule has 6 rings (SSSR count). The Bertz CT molecular complexity index is 1790. The molecule has 0 aliphatic heterocycles. The Morgan fingerprint density at radius 1 is 0.548 bits per heavy atom. The first-order valence-electron chi connectivity index (χ1n) is 12.0. The summed E-state index contributed by atoms with van der Waals surface area (Å²) in [4.78, 5) is 25.7. The number of halogens is 8. The molecule has 6 aromatic rings. The van der Waals surface area contributed by atoms with E-state index in [1.54, 1.807) is 9.13 Å². The summed E-state index contributed by atoms with van der Waals surface area (Å²) < 4.78 is 82.0. The van der Waals surface area contributed by atoms with Crippen LogP contribution >= 0.6 is 23.2 Å². The van der Waals surface area contributed by atoms with Crippen LogP contribution in [0.15, 0.2) is 61.2 Å². The summed E-state index contributed by atoms with van der Waals surface area (Å²) in [6, 6.07) is 9.17. The van der Waals surface area contributed by atoms with Gasteiger partial charge in [-0.1, -0.05) is 47.5 Å². The van der Waals surface area contributed by atoms with Crippen LogP contribution in [0.3, 0.4) is 0 Å². The first-order chi connectivity index (χ1) is 19.9. The topological polar surface area (TPSA) is 87.2 Å². The molecule has 214 valence electrons. The maximum atomic E-state index is 13.1. The van der Waals surface area contributed by atoms with E-state index in [1.807, 2.05) is 0 Å². The first-order valence-corrected chi connectivity index (χ1v) is 12.7. The summed E-state index contributed by atoms with van der Waals surface area (Å²) >= 11 is 12.6. The van der Waals surface area contributed by atoms with E-state index in [-0.39, 0.29) is 57.4 Å². The molecular weight excluding hydrogens is 609 g/mol. The van der Waals surface area contributed by atoms with E-state index in [1.165, 1.54) is 36.9 Å². The SMILES string of the molecule is FC(F)(F)c1ccc(Cn2c(-c3nc4c(Cl)ncnc4n3Cc3ccc(C(F)(F)F)cc3)nc3c(Cl)ncnc32)cc1. The predicted octanol–water partition coefficient (Wildman–Crippen LogP) is 7.07. The van der Waals surface area contributed by atoms with Crippen LogP contribution in [-0.4, -0.2) is 39.0 Å². The summed E-state index contributed by atoms with van der Waals surface area (Å²) in [5.41, 5.74) is 0.309. The lowest BCUT2D eigenvalue weighted by Gasteiger charge is -2.13. The molecule has 0 spiro atoms. The third-order valence-electron chi connectivity index (χ3n) is 6.42. The molecule has 0 radical (unpaired) electrons. The van der Waals surface area contributed by atoms with Gasteiger partial charge in [0.2, 0.25) is 0 Å². The van der Waals surface area contributed by atoms with E-state index in [9.17, 15) is 26.3 Å². The molecule has 8 nitrogen and oxygen atoms in total. The minimum atomic E-state index is -4.50. The van der Waals surface area contributed by atoms with Crippen molar-refractivity contribution in [3.63, 3.8) is 0 Å². The number of imidazole rings is 2. The Kier molecular flexibility index (Phi) is 6.77. The zero-order valence-corrected chi connectivity index (χ0v) is 22.3. The van der Waals surface area contributed by atoms with Gasteiger partial charge in [-0.3, -0.25) is 0 Å². The van der Waals surface area contributed by atoms with Crippen LogP contribution in [-0.2, 0) is 25.4 Å². The van der Waals surface area contributed by atoms with E-state index >= 15 is 0 Å². The molecular formula is C26H14Cl2F6N8. The second-order valence-electron chi connectivity index (χ2n) is 9.11. The average Bonchev–Trinajstić information content (AvgIpc) is 3.48. The molecule has 0 aliphatic rings. The van der Waals surface area contributed by atoms with E-state index in [0.717, 1.165) is 24.3 Å². The first kappa shape index (κ1) is 27.8. The molecule has 0 saturated carbocycles. The Morgan fingerprint density at radius 2 is 0.905 bits per heavy atom. The molecule has 42 heavy (non-hydrogen) atoms. The number of alkyl halides is 6. The van der Waals surface area contributed by atoms with Crippen molar-refractivity contribution in [1.29, 1.82) is 0 Å². The Hall–Kier alpha value is -4.30. The number of hydrogen-bond acceptors (Lipinski definition) is 6. The van der Waals surface area contributed by atoms with Gasteiger partial charge in [-0.25, -0.2) is 29.9 Å². The van der Waals surface area contributed by atoms with Crippen molar-refractivity contribution >= 4 is 45.5 Å². The summed E-state index contributed by atoms with van der Waals surface area (Å²) in [6.45, 7) is 0.0282. The third kappa shape index (κ3) is 5.11. The van der Waals surface area contributed by atoms with Gasteiger partial charge >= 0.3 is 12.4 Å². The Labute approximate surface area is 241 Å². The zero-order valence-electron chi connectivity index (χ0n) is 20.8. The summed E-state index contributed by atoms with van der Waals surface area (Å²) in [5, 5.41) is 0.0475. The van der Waals surface area contributed by atoms with Crippen molar-refractivity contribution < 1.29 is 26.3 Å². The van der Waals surface area contributed by atoms with Gasteiger partial charge in [0, 0.05) is 0 Å². The van der Waals surface area contributed by atoms with Crippen LogP contribution in [0.2, 0.25) is 10.3 Å². The lowest BCUT2D eigenvalue weighted by atomic mass is 10.1. The van der Waals surface area contributed by atoms with Gasteiger partial charge in [0.15, 0.2) is 33.2 Å². The number of benzene rings is 2. The maximum Gasteiger partial charge on any atom is 0.416 e. The molecule has 0 saturated heterocycles. The van der Waals surface area contributed by atoms with Crippen molar-refractivity contribution in [2.24, 2.45) is 0 Å². The van der Waals surface area contributed by atoms with Gasteiger partial charge in [-0.05, 0) is 35.4 Å². The zero-order chi connectivity index (χ0) is 29.8. The molecule has 0 fully saturated rings. The molecule has 0 atom stereocenters. The number of rotatable bonds is 5. The van der Waals surface area contributed by atoms with Crippen molar-refractivity contribution in [2.45, 2.75) is 25.4 Å². The lowest BCUT2D eigenvalue weighted by molar-refractivity contribution is -0.138. The molecule has 16 heteroatoms. The number of hydrogen-bond donors (Lipinski definition) is 0. The quantitative estimate of drug-likeness (QED) is 0.151. The van der Waals surface area contributed by atoms with Crippen molar-refractivity contribution in [1.82, 2.24) is 39.0 Å². The van der Waals surface area contributed by atoms with Gasteiger partial charge in [0.05, 0.1) is 24.2 Å². The molecule has 0 bridgehead atoms. The fraction of sp³-hybridized carbons (Fsp3) is 0.154. The molecule has 0 aliphatic carbocycles. The van der Waals surface area contributed by atoms with Crippen LogP contribution in [0.25, 0.3) is 34.0 Å². The van der Waals surface area contributed by atoms with Gasteiger partial charge < -0.3 is 9.13 Å². The largest absolute Gasteiger partial charge is 0.416 e. The average molecular weight is 623 g/mol. The predicted molar refractivity (Wildman–Crippen MR) is 141 cm³/mol. The highest BCUT2D eigenvalue weighted by atomic mass is 35.5. The third-order valence-corrected chi connectivity index (χ3v) is 6.97. The highest BCUT2D eigenvalue weighted by molar-refractivity contribution is 6.34. The molecule has 0 amide bonds. The van der Waals surface area contributed by atoms with Gasteiger partial charge in [-0.15, -0.1) is 0 Å². The van der Waals surface area contributed by atoms with Crippen LogP contribution in [0.5, 0.6) is 0 Å². The minimum absolute atomic E-state index is 0.0141. The maximum absolute atomic E-state index is 13.1. The van der Waals surface area contributed by atoms with Crippen LogP contribution in [0.1, 0.15) is 22.3 Å². The fourth-order valence-electron chi connectivity index (χ4n) is 4.42. The summed E-state index contributed by atoms with van der Waals surface area (Å²) in [5.74, 6) is 0.376. The van der Waals surface area contributed by atoms with E-state index < -0.39 is 23.5 Å². The van der Waals surface area contributed by atoms with E-state index in [2.05, 4.69) is 29.9 Å². The van der Waals surface area contributed by atoms with Crippen molar-refractivity contribution in [3.8, 4) is 11.6 Å². The second kappa shape index (κ2) is 10.2. The Balaban J connectivity index is 1.52. The van der Waals surface area contributed by atoms with Crippen molar-refractivity contribution in [3.05, 3.63) is 93.7 Å². The number of aromatic nitrogens is 8. The second-order valence-corrected chi connectivity index (χ2v) is 9.82. The van der Waals surface area contributed by atoms with Crippen LogP contribution in [0, 0.1) is 0 Å². The van der Waals surface area contributed by atoms with Crippen LogP contribution in [0.4, 0.5) is 26.3 Å². The fourth-order valence-corrected chi connectivity index (χ4v) is 4.76. The molecule has 4 aromatic heterocycles. The number of nitrogens with zero attached hydrogens (tertiary/aromatic N) is 8. The van der Waals surface area contributed by atoms with Crippen molar-refractivity contribution in [2.75, 3.05) is 0 Å². The lowest BCUT2D eigenvalue weighted by Crippen LogP contribution is -2.10. The molecule has 0 N–H and O–H groups in total. The molecule has 2 aromatic carbocycles. The smallest absolute Gasteiger partial charge is 0.301 e. The summed E-state index contributed by atoms with van der Waals surface area (Å²) in [7, 11) is 0. The minimum Gasteiger partial charge on any atom is -0.301 e. The monoisotopic (exact) mass is 622 g/mol. The Morgan fingerprint density at radius 3 is 1.24 bits per heavy atom. The van der Waals surface area contributed by atoms with Gasteiger partial charge in [0.1, 0.15) is 23.7 Å². The standard InChI is InChI=1S/C26H14Cl2F6N8/c27-19-17-21(37-11-35-19)41(9-13-1-5-15(6-2-13)25(29,30)31)23(39-17)24-40-18-20(28)36-12-38-22(18)42(24)10-14-3-7-16(8-4-14)26(32,33)34/h1-8,11-12H,9-10H2. The van der Waals surface area contributed by atoms with Gasteiger partial charge in [0.25, 0.3) is 0 Å². The highest BCUT2D eigenvalue weighted by Crippen LogP contribution is 2.34. The highest BCUT2D eigenvalue weighted by Gasteiger charge is 2.31. The normalized spacial score (nSPS) is 12.5. The van der Waals surface area contributed by atoms with E-state index in [4.69, 9.17) is 23.2 Å². The number of fused-ring (bicyclic) bond motifs is 2. The van der Waals surface area contributed by atoms with E-state index in [0.29, 0.717) is 11.1 Å². The van der Waals surface area contributed by atoms with Crippen LogP contribution < -0.4 is 0 Å².